The summed E-state index contributed by atoms with van der Waals surface area (Å²) in [6.07, 6.45) is 0. The summed E-state index contributed by atoms with van der Waals surface area (Å²) in [5.74, 6) is 2.05. The van der Waals surface area contributed by atoms with Crippen LogP contribution in [0.1, 0.15) is 0 Å². The number of rotatable bonds is 3. The lowest BCUT2D eigenvalue weighted by molar-refractivity contribution is 1.18. The maximum absolute atomic E-state index is 4.37. The van der Waals surface area contributed by atoms with Gasteiger partial charge in [0.1, 0.15) is 4.38 Å². The summed E-state index contributed by atoms with van der Waals surface area (Å²) in [5.41, 5.74) is 1.17. The van der Waals surface area contributed by atoms with E-state index in [9.17, 15) is 0 Å². The molecule has 4 heteroatoms. The van der Waals surface area contributed by atoms with Crippen LogP contribution >= 0.6 is 23.5 Å². The molecule has 0 bridgehead atoms. The lowest BCUT2D eigenvalue weighted by Gasteiger charge is -2.04. The first-order chi connectivity index (χ1) is 6.95. The summed E-state index contributed by atoms with van der Waals surface area (Å²) >= 11 is 3.63. The van der Waals surface area contributed by atoms with Gasteiger partial charge in [-0.3, -0.25) is 4.99 Å². The molecule has 1 heterocycles. The maximum atomic E-state index is 4.37. The monoisotopic (exact) mass is 224 g/mol. The Kier molecular flexibility index (Phi) is 3.77. The van der Waals surface area contributed by atoms with Gasteiger partial charge in [-0.05, 0) is 12.1 Å². The largest absolute Gasteiger partial charge is 0.376 e. The Labute approximate surface area is 92.6 Å². The van der Waals surface area contributed by atoms with Gasteiger partial charge in [0.2, 0.25) is 0 Å². The molecule has 0 amide bonds. The van der Waals surface area contributed by atoms with Crippen LogP contribution in [0.3, 0.4) is 0 Å². The molecule has 14 heavy (non-hydrogen) atoms. The van der Waals surface area contributed by atoms with E-state index in [1.807, 2.05) is 30.0 Å². The van der Waals surface area contributed by atoms with Crippen molar-refractivity contribution in [1.82, 2.24) is 0 Å². The first-order valence-electron chi connectivity index (χ1n) is 4.54. The minimum absolute atomic E-state index is 0.899. The van der Waals surface area contributed by atoms with Gasteiger partial charge in [0.25, 0.3) is 0 Å². The molecule has 1 N–H and O–H groups in total. The second-order valence-corrected chi connectivity index (χ2v) is 5.13. The average molecular weight is 224 g/mol. The van der Waals surface area contributed by atoms with Crippen LogP contribution in [-0.2, 0) is 0 Å². The van der Waals surface area contributed by atoms with Crippen molar-refractivity contribution in [2.24, 2.45) is 4.99 Å². The molecule has 0 aliphatic carbocycles. The molecule has 0 spiro atoms. The van der Waals surface area contributed by atoms with Crippen LogP contribution in [0.15, 0.2) is 35.3 Å². The van der Waals surface area contributed by atoms with Crippen molar-refractivity contribution >= 4 is 33.6 Å². The summed E-state index contributed by atoms with van der Waals surface area (Å²) in [5, 5.41) is 3.34. The van der Waals surface area contributed by atoms with Crippen LogP contribution in [0, 0.1) is 0 Å². The summed E-state index contributed by atoms with van der Waals surface area (Å²) in [6.45, 7) is 0.984. The van der Waals surface area contributed by atoms with Gasteiger partial charge in [0, 0.05) is 11.4 Å². The molecule has 1 aliphatic heterocycles. The fourth-order valence-corrected chi connectivity index (χ4v) is 2.98. The van der Waals surface area contributed by atoms with E-state index in [0.29, 0.717) is 0 Å². The van der Waals surface area contributed by atoms with E-state index in [1.165, 1.54) is 10.1 Å². The van der Waals surface area contributed by atoms with E-state index in [2.05, 4.69) is 22.4 Å². The lowest BCUT2D eigenvalue weighted by Crippen LogP contribution is -1.98. The number of thioether (sulfide) groups is 2. The lowest BCUT2D eigenvalue weighted by atomic mass is 10.3. The van der Waals surface area contributed by atoms with E-state index in [1.54, 1.807) is 11.8 Å². The zero-order valence-corrected chi connectivity index (χ0v) is 9.40. The molecule has 0 aromatic heterocycles. The third-order valence-corrected chi connectivity index (χ3v) is 3.94. The minimum atomic E-state index is 0.899. The van der Waals surface area contributed by atoms with Crippen LogP contribution in [0.25, 0.3) is 0 Å². The van der Waals surface area contributed by atoms with Crippen molar-refractivity contribution in [2.45, 2.75) is 0 Å². The fourth-order valence-electron chi connectivity index (χ4n) is 1.14. The van der Waals surface area contributed by atoms with Crippen molar-refractivity contribution in [3.63, 3.8) is 0 Å². The van der Waals surface area contributed by atoms with E-state index in [4.69, 9.17) is 0 Å². The smallest absolute Gasteiger partial charge is 0.126 e. The van der Waals surface area contributed by atoms with Crippen molar-refractivity contribution in [1.29, 1.82) is 0 Å². The molecular weight excluding hydrogens is 212 g/mol. The van der Waals surface area contributed by atoms with Crippen LogP contribution in [-0.4, -0.2) is 22.6 Å². The number of benzene rings is 1. The Morgan fingerprint density at radius 2 is 2.21 bits per heavy atom. The Morgan fingerprint density at radius 3 is 2.93 bits per heavy atom. The SMILES string of the molecule is c1ccc(NCSC2=NCCS2)cc1. The highest BCUT2D eigenvalue weighted by Gasteiger charge is 2.06. The number of nitrogens with one attached hydrogen (secondary N) is 1. The van der Waals surface area contributed by atoms with E-state index in [-0.39, 0.29) is 0 Å². The number of para-hydroxylation sites is 1. The third kappa shape index (κ3) is 2.96. The molecule has 74 valence electrons. The van der Waals surface area contributed by atoms with Gasteiger partial charge >= 0.3 is 0 Å². The molecule has 0 atom stereocenters. The quantitative estimate of drug-likeness (QED) is 0.799. The maximum Gasteiger partial charge on any atom is 0.126 e. The Balaban J connectivity index is 1.73. The first kappa shape index (κ1) is 9.93. The molecular formula is C10H12N2S2. The van der Waals surface area contributed by atoms with Crippen LogP contribution in [0.5, 0.6) is 0 Å². The summed E-state index contributed by atoms with van der Waals surface area (Å²) < 4.78 is 1.22. The van der Waals surface area contributed by atoms with E-state index >= 15 is 0 Å². The molecule has 1 aliphatic rings. The zero-order valence-electron chi connectivity index (χ0n) is 7.77. The minimum Gasteiger partial charge on any atom is -0.376 e. The van der Waals surface area contributed by atoms with Gasteiger partial charge in [-0.1, -0.05) is 41.7 Å². The normalized spacial score (nSPS) is 15.3. The number of nitrogens with zero attached hydrogens (tertiary/aromatic N) is 1. The van der Waals surface area contributed by atoms with Crippen molar-refractivity contribution < 1.29 is 0 Å². The molecule has 1 aromatic rings. The topological polar surface area (TPSA) is 24.4 Å². The number of aliphatic imine (C=N–C) groups is 1. The fraction of sp³-hybridized carbons (Fsp3) is 0.300. The molecule has 0 fully saturated rings. The highest BCUT2D eigenvalue weighted by atomic mass is 32.2. The standard InChI is InChI=1S/C10H12N2S2/c1-2-4-9(5-3-1)12-8-14-10-11-6-7-13-10/h1-5,12H,6-8H2. The van der Waals surface area contributed by atoms with Gasteiger partial charge in [-0.15, -0.1) is 0 Å². The second-order valence-electron chi connectivity index (χ2n) is 2.83. The molecule has 1 aromatic carbocycles. The molecule has 0 unspecified atom stereocenters. The van der Waals surface area contributed by atoms with Crippen molar-refractivity contribution in [3.8, 4) is 0 Å². The predicted molar refractivity (Wildman–Crippen MR) is 67.3 cm³/mol. The van der Waals surface area contributed by atoms with Gasteiger partial charge < -0.3 is 5.32 Å². The highest BCUT2D eigenvalue weighted by Crippen LogP contribution is 2.22. The summed E-state index contributed by atoms with van der Waals surface area (Å²) in [4.78, 5) is 4.37. The number of anilines is 1. The van der Waals surface area contributed by atoms with Crippen molar-refractivity contribution in [2.75, 3.05) is 23.5 Å². The van der Waals surface area contributed by atoms with Crippen LogP contribution in [0.2, 0.25) is 0 Å². The Bertz CT molecular complexity index is 311. The summed E-state index contributed by atoms with van der Waals surface area (Å²) in [6, 6.07) is 10.2. The second kappa shape index (κ2) is 5.32. The zero-order chi connectivity index (χ0) is 9.64. The predicted octanol–water partition coefficient (Wildman–Crippen LogP) is 2.89. The molecule has 2 rings (SSSR count). The number of hydrogen-bond acceptors (Lipinski definition) is 4. The molecule has 0 saturated carbocycles. The Morgan fingerprint density at radius 1 is 1.36 bits per heavy atom. The van der Waals surface area contributed by atoms with E-state index in [0.717, 1.165) is 18.2 Å². The van der Waals surface area contributed by atoms with Gasteiger partial charge in [-0.2, -0.15) is 0 Å². The van der Waals surface area contributed by atoms with Crippen LogP contribution in [0.4, 0.5) is 5.69 Å². The van der Waals surface area contributed by atoms with Gasteiger partial charge in [0.15, 0.2) is 0 Å². The molecule has 2 nitrogen and oxygen atoms in total. The van der Waals surface area contributed by atoms with Crippen LogP contribution < -0.4 is 5.32 Å². The average Bonchev–Trinajstić information content (AvgIpc) is 2.72. The van der Waals surface area contributed by atoms with Gasteiger partial charge in [-0.25, -0.2) is 0 Å². The summed E-state index contributed by atoms with van der Waals surface area (Å²) in [7, 11) is 0. The highest BCUT2D eigenvalue weighted by molar-refractivity contribution is 8.39. The third-order valence-electron chi connectivity index (χ3n) is 1.80. The number of hydrogen-bond donors (Lipinski definition) is 1. The Hall–Kier alpha value is -0.610. The first-order valence-corrected chi connectivity index (χ1v) is 6.51. The molecule has 0 saturated heterocycles. The van der Waals surface area contributed by atoms with Gasteiger partial charge in [0.05, 0.1) is 12.4 Å². The molecule has 0 radical (unpaired) electrons. The van der Waals surface area contributed by atoms with Crippen molar-refractivity contribution in [3.05, 3.63) is 30.3 Å². The van der Waals surface area contributed by atoms with E-state index < -0.39 is 0 Å².